The third kappa shape index (κ3) is 3.96. The number of rotatable bonds is 4. The average molecular weight is 397 g/mol. The van der Waals surface area contributed by atoms with Gasteiger partial charge in [0.25, 0.3) is 0 Å². The van der Waals surface area contributed by atoms with E-state index in [1.165, 1.54) is 6.42 Å². The highest BCUT2D eigenvalue weighted by molar-refractivity contribution is 6.31. The second-order valence-electron chi connectivity index (χ2n) is 7.03. The Labute approximate surface area is 167 Å². The van der Waals surface area contributed by atoms with E-state index in [2.05, 4.69) is 10.2 Å². The minimum atomic E-state index is -0.219. The van der Waals surface area contributed by atoms with Crippen LogP contribution in [0.2, 0.25) is 5.02 Å². The zero-order valence-corrected chi connectivity index (χ0v) is 16.2. The predicted octanol–water partition coefficient (Wildman–Crippen LogP) is 4.54. The molecule has 1 aliphatic heterocycles. The van der Waals surface area contributed by atoms with Gasteiger partial charge in [-0.2, -0.15) is 0 Å². The molecule has 1 amide bonds. The Bertz CT molecular complexity index is 1060. The largest absolute Gasteiger partial charge is 0.439 e. The van der Waals surface area contributed by atoms with Crippen molar-refractivity contribution in [2.75, 3.05) is 25.0 Å². The van der Waals surface area contributed by atoms with Crippen molar-refractivity contribution in [1.29, 1.82) is 0 Å². The van der Waals surface area contributed by atoms with Gasteiger partial charge in [-0.25, -0.2) is 0 Å². The summed E-state index contributed by atoms with van der Waals surface area (Å²) in [5, 5.41) is 3.67. The molecule has 1 N–H and O–H groups in total. The Morgan fingerprint density at radius 2 is 1.82 bits per heavy atom. The Morgan fingerprint density at radius 3 is 2.57 bits per heavy atom. The highest BCUT2D eigenvalue weighted by Gasteiger charge is 2.20. The Balaban J connectivity index is 1.74. The first kappa shape index (κ1) is 18.7. The van der Waals surface area contributed by atoms with Gasteiger partial charge in [-0.3, -0.25) is 19.8 Å². The fraction of sp³-hybridized carbons (Fsp3) is 0.273. The summed E-state index contributed by atoms with van der Waals surface area (Å²) in [6.07, 6.45) is 3.42. The third-order valence-electron chi connectivity index (χ3n) is 4.98. The summed E-state index contributed by atoms with van der Waals surface area (Å²) in [7, 11) is 0. The van der Waals surface area contributed by atoms with Gasteiger partial charge in [0, 0.05) is 5.02 Å². The van der Waals surface area contributed by atoms with E-state index in [0.29, 0.717) is 27.1 Å². The van der Waals surface area contributed by atoms with Crippen LogP contribution in [0.5, 0.6) is 0 Å². The lowest BCUT2D eigenvalue weighted by atomic mass is 10.0. The predicted molar refractivity (Wildman–Crippen MR) is 112 cm³/mol. The number of carbonyl (C=O) groups is 1. The molecule has 2 aromatic carbocycles. The van der Waals surface area contributed by atoms with Crippen LogP contribution in [0.15, 0.2) is 57.7 Å². The molecule has 1 saturated heterocycles. The molecule has 0 spiro atoms. The van der Waals surface area contributed by atoms with Gasteiger partial charge in [0.15, 0.2) is 0 Å². The minimum Gasteiger partial charge on any atom is -0.439 e. The van der Waals surface area contributed by atoms with Crippen LogP contribution >= 0.6 is 11.6 Å². The highest BCUT2D eigenvalue weighted by atomic mass is 35.5. The molecular formula is C22H21ClN2O3. The van der Waals surface area contributed by atoms with E-state index in [-0.39, 0.29) is 23.8 Å². The van der Waals surface area contributed by atoms with E-state index in [0.717, 1.165) is 25.9 Å². The molecule has 1 aromatic heterocycles. The van der Waals surface area contributed by atoms with Crippen LogP contribution in [0.3, 0.4) is 0 Å². The molecule has 4 rings (SSSR count). The molecule has 0 bridgehead atoms. The normalized spacial score (nSPS) is 14.9. The summed E-state index contributed by atoms with van der Waals surface area (Å²) >= 11 is 6.07. The van der Waals surface area contributed by atoms with Gasteiger partial charge in [-0.05, 0) is 49.7 Å². The van der Waals surface area contributed by atoms with Crippen LogP contribution in [0.25, 0.3) is 22.1 Å². The van der Waals surface area contributed by atoms with Gasteiger partial charge in [-0.1, -0.05) is 48.4 Å². The molecule has 0 aliphatic carbocycles. The van der Waals surface area contributed by atoms with E-state index in [4.69, 9.17) is 16.0 Å². The maximum atomic E-state index is 13.2. The van der Waals surface area contributed by atoms with E-state index >= 15 is 0 Å². The molecule has 28 heavy (non-hydrogen) atoms. The topological polar surface area (TPSA) is 62.6 Å². The second kappa shape index (κ2) is 8.17. The number of anilines is 1. The number of nitrogens with one attached hydrogen (secondary N) is 1. The third-order valence-corrected chi connectivity index (χ3v) is 5.22. The van der Waals surface area contributed by atoms with Gasteiger partial charge in [-0.15, -0.1) is 0 Å². The highest BCUT2D eigenvalue weighted by Crippen LogP contribution is 2.29. The molecule has 3 aromatic rings. The molecule has 2 heterocycles. The van der Waals surface area contributed by atoms with Gasteiger partial charge in [0.1, 0.15) is 5.58 Å². The number of fused-ring (bicyclic) bond motifs is 1. The van der Waals surface area contributed by atoms with Crippen LogP contribution < -0.4 is 10.7 Å². The molecule has 0 atom stereocenters. The van der Waals surface area contributed by atoms with Crippen molar-refractivity contribution in [3.05, 3.63) is 63.8 Å². The summed E-state index contributed by atoms with van der Waals surface area (Å²) in [6, 6.07) is 14.1. The first-order chi connectivity index (χ1) is 13.6. The summed E-state index contributed by atoms with van der Waals surface area (Å²) in [5.74, 6) is -0.0106. The zero-order valence-electron chi connectivity index (χ0n) is 15.4. The molecule has 144 valence electrons. The molecule has 0 saturated carbocycles. The fourth-order valence-electron chi connectivity index (χ4n) is 3.61. The Kier molecular flexibility index (Phi) is 5.46. The van der Waals surface area contributed by atoms with E-state index in [1.54, 1.807) is 18.2 Å². The van der Waals surface area contributed by atoms with Crippen molar-refractivity contribution in [2.45, 2.75) is 19.3 Å². The van der Waals surface area contributed by atoms with E-state index in [9.17, 15) is 9.59 Å². The molecule has 1 fully saturated rings. The van der Waals surface area contributed by atoms with E-state index < -0.39 is 0 Å². The summed E-state index contributed by atoms with van der Waals surface area (Å²) in [4.78, 5) is 27.9. The first-order valence-corrected chi connectivity index (χ1v) is 9.83. The van der Waals surface area contributed by atoms with Crippen molar-refractivity contribution < 1.29 is 9.21 Å². The summed E-state index contributed by atoms with van der Waals surface area (Å²) in [5.41, 5.74) is 1.19. The zero-order chi connectivity index (χ0) is 19.5. The van der Waals surface area contributed by atoms with Gasteiger partial charge in [0.05, 0.1) is 17.5 Å². The van der Waals surface area contributed by atoms with Crippen molar-refractivity contribution in [3.63, 3.8) is 0 Å². The monoisotopic (exact) mass is 396 g/mol. The number of hydrogen-bond donors (Lipinski definition) is 1. The van der Waals surface area contributed by atoms with Crippen molar-refractivity contribution in [1.82, 2.24) is 4.90 Å². The molecule has 1 aliphatic rings. The van der Waals surface area contributed by atoms with Crippen LogP contribution in [0, 0.1) is 0 Å². The number of hydrogen-bond acceptors (Lipinski definition) is 4. The number of piperidine rings is 1. The standard InChI is InChI=1S/C22H21ClN2O3/c23-16-9-10-18-17(13-16)21(27)20(15-7-3-1-4-8-15)22(28-18)24-19(26)14-25-11-5-2-6-12-25/h1,3-4,7-10,13H,2,5-6,11-12,14H2,(H,24,26). The van der Waals surface area contributed by atoms with Crippen LogP contribution in [-0.2, 0) is 4.79 Å². The quantitative estimate of drug-likeness (QED) is 0.703. The minimum absolute atomic E-state index is 0.174. The molecule has 5 nitrogen and oxygen atoms in total. The Hall–Kier alpha value is -2.63. The number of amides is 1. The Morgan fingerprint density at radius 1 is 1.07 bits per heavy atom. The lowest BCUT2D eigenvalue weighted by Gasteiger charge is -2.25. The van der Waals surface area contributed by atoms with Crippen LogP contribution in [-0.4, -0.2) is 30.4 Å². The van der Waals surface area contributed by atoms with Crippen LogP contribution in [0.4, 0.5) is 5.88 Å². The second-order valence-corrected chi connectivity index (χ2v) is 7.46. The molecule has 6 heteroatoms. The SMILES string of the molecule is O=C(CN1CCCCC1)Nc1oc2ccc(Cl)cc2c(=O)c1-c1ccccc1. The first-order valence-electron chi connectivity index (χ1n) is 9.46. The lowest BCUT2D eigenvalue weighted by Crippen LogP contribution is -2.37. The maximum Gasteiger partial charge on any atom is 0.240 e. The lowest BCUT2D eigenvalue weighted by molar-refractivity contribution is -0.117. The van der Waals surface area contributed by atoms with Gasteiger partial charge < -0.3 is 4.42 Å². The summed E-state index contributed by atoms with van der Waals surface area (Å²) in [6.45, 7) is 2.12. The maximum absolute atomic E-state index is 13.2. The number of halogens is 1. The fourth-order valence-corrected chi connectivity index (χ4v) is 3.78. The van der Waals surface area contributed by atoms with E-state index in [1.807, 2.05) is 30.3 Å². The average Bonchev–Trinajstić information content (AvgIpc) is 2.70. The molecule has 0 unspecified atom stereocenters. The molecule has 0 radical (unpaired) electrons. The number of likely N-dealkylation sites (tertiary alicyclic amines) is 1. The van der Waals surface area contributed by atoms with Gasteiger partial charge >= 0.3 is 0 Å². The van der Waals surface area contributed by atoms with Gasteiger partial charge in [0.2, 0.25) is 17.2 Å². The number of carbonyl (C=O) groups excluding carboxylic acids is 1. The van der Waals surface area contributed by atoms with Crippen molar-refractivity contribution in [2.24, 2.45) is 0 Å². The number of nitrogens with zero attached hydrogens (tertiary/aromatic N) is 1. The summed E-state index contributed by atoms with van der Waals surface area (Å²) < 4.78 is 5.93. The molecular weight excluding hydrogens is 376 g/mol. The van der Waals surface area contributed by atoms with Crippen molar-refractivity contribution in [3.8, 4) is 11.1 Å². The smallest absolute Gasteiger partial charge is 0.240 e. The van der Waals surface area contributed by atoms with Crippen LogP contribution in [0.1, 0.15) is 19.3 Å². The number of benzene rings is 2. The van der Waals surface area contributed by atoms with Crippen molar-refractivity contribution >= 4 is 34.4 Å².